The normalized spacial score (nSPS) is 16.2. The molecule has 1 aliphatic rings. The van der Waals surface area contributed by atoms with Crippen molar-refractivity contribution in [2.24, 2.45) is 0 Å². The second-order valence-electron chi connectivity index (χ2n) is 8.06. The van der Waals surface area contributed by atoms with Crippen LogP contribution in [0.15, 0.2) is 48.7 Å². The van der Waals surface area contributed by atoms with Crippen molar-refractivity contribution in [3.63, 3.8) is 0 Å². The fourth-order valence-electron chi connectivity index (χ4n) is 4.57. The van der Waals surface area contributed by atoms with Crippen molar-refractivity contribution in [1.29, 1.82) is 0 Å². The Morgan fingerprint density at radius 2 is 1.87 bits per heavy atom. The number of H-pyrrole nitrogens is 1. The molecule has 0 spiro atoms. The summed E-state index contributed by atoms with van der Waals surface area (Å²) < 4.78 is 14.1. The number of rotatable bonds is 6. The van der Waals surface area contributed by atoms with Gasteiger partial charge in [0, 0.05) is 55.6 Å². The monoisotopic (exact) mass is 407 g/mol. The van der Waals surface area contributed by atoms with Gasteiger partial charge in [-0.2, -0.15) is 0 Å². The largest absolute Gasteiger partial charge is 0.361 e. The molecule has 4 rings (SSSR count). The molecule has 2 aromatic carbocycles. The van der Waals surface area contributed by atoms with E-state index in [0.29, 0.717) is 6.42 Å². The van der Waals surface area contributed by atoms with E-state index in [1.54, 1.807) is 12.1 Å². The molecule has 158 valence electrons. The van der Waals surface area contributed by atoms with Crippen LogP contribution >= 0.6 is 0 Å². The minimum absolute atomic E-state index is 0.140. The molecule has 0 radical (unpaired) electrons. The van der Waals surface area contributed by atoms with Crippen LogP contribution in [0.3, 0.4) is 0 Å². The fourth-order valence-corrected chi connectivity index (χ4v) is 4.57. The number of piperazine rings is 1. The van der Waals surface area contributed by atoms with Crippen LogP contribution in [-0.2, 0) is 11.2 Å². The van der Waals surface area contributed by atoms with Gasteiger partial charge in [0.25, 0.3) is 0 Å². The molecule has 1 fully saturated rings. The summed E-state index contributed by atoms with van der Waals surface area (Å²) in [6.07, 6.45) is 3.28. The van der Waals surface area contributed by atoms with Crippen LogP contribution in [-0.4, -0.2) is 53.4 Å². The SMILES string of the molecule is CCc1cccc2c([C@H](CC(=O)N3CCN(CC)CC3)c3cccc(F)c3)c[nH]c12. The summed E-state index contributed by atoms with van der Waals surface area (Å²) in [4.78, 5) is 21.0. The first-order chi connectivity index (χ1) is 14.6. The number of hydrogen-bond acceptors (Lipinski definition) is 2. The maximum atomic E-state index is 14.1. The number of likely N-dealkylation sites (N-methyl/N-ethyl adjacent to an activating group) is 1. The zero-order valence-electron chi connectivity index (χ0n) is 17.8. The molecular weight excluding hydrogens is 377 g/mol. The van der Waals surface area contributed by atoms with E-state index in [1.165, 1.54) is 11.6 Å². The van der Waals surface area contributed by atoms with Gasteiger partial charge in [-0.1, -0.05) is 44.2 Å². The third kappa shape index (κ3) is 4.12. The lowest BCUT2D eigenvalue weighted by Gasteiger charge is -2.34. The van der Waals surface area contributed by atoms with E-state index in [4.69, 9.17) is 0 Å². The smallest absolute Gasteiger partial charge is 0.223 e. The highest BCUT2D eigenvalue weighted by atomic mass is 19.1. The van der Waals surface area contributed by atoms with Gasteiger partial charge in [-0.05, 0) is 41.8 Å². The van der Waals surface area contributed by atoms with E-state index in [2.05, 4.69) is 41.9 Å². The summed E-state index contributed by atoms with van der Waals surface area (Å²) in [5, 5.41) is 1.12. The number of aromatic amines is 1. The van der Waals surface area contributed by atoms with Crippen LogP contribution in [0, 0.1) is 5.82 Å². The average molecular weight is 408 g/mol. The Hall–Kier alpha value is -2.66. The molecule has 0 aliphatic carbocycles. The van der Waals surface area contributed by atoms with Crippen molar-refractivity contribution < 1.29 is 9.18 Å². The summed E-state index contributed by atoms with van der Waals surface area (Å²) >= 11 is 0. The average Bonchev–Trinajstić information content (AvgIpc) is 3.21. The highest BCUT2D eigenvalue weighted by Crippen LogP contribution is 2.35. The third-order valence-corrected chi connectivity index (χ3v) is 6.39. The molecule has 4 nitrogen and oxygen atoms in total. The Bertz CT molecular complexity index is 1020. The van der Waals surface area contributed by atoms with E-state index < -0.39 is 0 Å². The lowest BCUT2D eigenvalue weighted by Crippen LogP contribution is -2.48. The van der Waals surface area contributed by atoms with Gasteiger partial charge in [0.15, 0.2) is 0 Å². The maximum absolute atomic E-state index is 14.1. The predicted molar refractivity (Wildman–Crippen MR) is 119 cm³/mol. The number of fused-ring (bicyclic) bond motifs is 1. The van der Waals surface area contributed by atoms with E-state index >= 15 is 0 Å². The number of para-hydroxylation sites is 1. The molecule has 1 saturated heterocycles. The predicted octanol–water partition coefficient (Wildman–Crippen LogP) is 4.56. The van der Waals surface area contributed by atoms with Crippen molar-refractivity contribution in [3.05, 3.63) is 71.2 Å². The van der Waals surface area contributed by atoms with Crippen LogP contribution in [0.2, 0.25) is 0 Å². The highest BCUT2D eigenvalue weighted by Gasteiger charge is 2.26. The number of carbonyl (C=O) groups is 1. The lowest BCUT2D eigenvalue weighted by molar-refractivity contribution is -0.133. The number of nitrogens with zero attached hydrogens (tertiary/aromatic N) is 2. The van der Waals surface area contributed by atoms with Gasteiger partial charge in [0.1, 0.15) is 5.82 Å². The summed E-state index contributed by atoms with van der Waals surface area (Å²) in [6.45, 7) is 8.66. The molecule has 1 aliphatic heterocycles. The van der Waals surface area contributed by atoms with Gasteiger partial charge in [-0.15, -0.1) is 0 Å². The Morgan fingerprint density at radius 3 is 2.57 bits per heavy atom. The standard InChI is InChI=1S/C25H30FN3O/c1-3-18-7-6-10-21-23(17-27-25(18)21)22(19-8-5-9-20(26)15-19)16-24(30)29-13-11-28(4-2)12-14-29/h5-10,15,17,22,27H,3-4,11-14,16H2,1-2H3/t22-/m1/s1. The first kappa shape index (κ1) is 20.6. The van der Waals surface area contributed by atoms with Gasteiger partial charge in [-0.3, -0.25) is 4.79 Å². The molecule has 5 heteroatoms. The summed E-state index contributed by atoms with van der Waals surface area (Å²) in [5.74, 6) is -0.310. The van der Waals surface area contributed by atoms with Crippen LogP contribution in [0.25, 0.3) is 10.9 Å². The summed E-state index contributed by atoms with van der Waals surface area (Å²) in [6, 6.07) is 13.0. The highest BCUT2D eigenvalue weighted by molar-refractivity contribution is 5.88. The van der Waals surface area contributed by atoms with E-state index in [9.17, 15) is 9.18 Å². The van der Waals surface area contributed by atoms with E-state index in [0.717, 1.165) is 61.2 Å². The zero-order chi connectivity index (χ0) is 21.1. The number of benzene rings is 2. The topological polar surface area (TPSA) is 39.3 Å². The molecule has 2 heterocycles. The van der Waals surface area contributed by atoms with E-state index in [-0.39, 0.29) is 17.6 Å². The summed E-state index contributed by atoms with van der Waals surface area (Å²) in [5.41, 5.74) is 4.27. The van der Waals surface area contributed by atoms with Gasteiger partial charge in [0.05, 0.1) is 0 Å². The molecule has 1 aromatic heterocycles. The first-order valence-electron chi connectivity index (χ1n) is 10.9. The number of aryl methyl sites for hydroxylation is 1. The molecule has 0 bridgehead atoms. The Labute approximate surface area is 177 Å². The Kier molecular flexibility index (Phi) is 6.18. The number of carbonyl (C=O) groups excluding carboxylic acids is 1. The molecular formula is C25H30FN3O. The lowest BCUT2D eigenvalue weighted by atomic mass is 9.87. The Morgan fingerprint density at radius 1 is 1.10 bits per heavy atom. The number of amides is 1. The van der Waals surface area contributed by atoms with Crippen LogP contribution in [0.1, 0.15) is 42.9 Å². The number of aromatic nitrogens is 1. The first-order valence-corrected chi connectivity index (χ1v) is 10.9. The molecule has 1 atom stereocenters. The quantitative estimate of drug-likeness (QED) is 0.651. The van der Waals surface area contributed by atoms with Crippen molar-refractivity contribution in [3.8, 4) is 0 Å². The van der Waals surface area contributed by atoms with Gasteiger partial charge >= 0.3 is 0 Å². The molecule has 0 unspecified atom stereocenters. The molecule has 0 saturated carbocycles. The van der Waals surface area contributed by atoms with Crippen LogP contribution in [0.5, 0.6) is 0 Å². The van der Waals surface area contributed by atoms with Crippen molar-refractivity contribution in [1.82, 2.24) is 14.8 Å². The van der Waals surface area contributed by atoms with Gasteiger partial charge in [0.2, 0.25) is 5.91 Å². The van der Waals surface area contributed by atoms with Crippen molar-refractivity contribution >= 4 is 16.8 Å². The molecule has 1 N–H and O–H groups in total. The van der Waals surface area contributed by atoms with E-state index in [1.807, 2.05) is 17.2 Å². The number of nitrogens with one attached hydrogen (secondary N) is 1. The van der Waals surface area contributed by atoms with Crippen molar-refractivity contribution in [2.45, 2.75) is 32.6 Å². The minimum atomic E-state index is -0.268. The number of hydrogen-bond donors (Lipinski definition) is 1. The van der Waals surface area contributed by atoms with Crippen LogP contribution in [0.4, 0.5) is 4.39 Å². The molecule has 3 aromatic rings. The van der Waals surface area contributed by atoms with Crippen LogP contribution < -0.4 is 0 Å². The third-order valence-electron chi connectivity index (χ3n) is 6.39. The zero-order valence-corrected chi connectivity index (χ0v) is 17.8. The van der Waals surface area contributed by atoms with Gasteiger partial charge < -0.3 is 14.8 Å². The summed E-state index contributed by atoms with van der Waals surface area (Å²) in [7, 11) is 0. The minimum Gasteiger partial charge on any atom is -0.361 e. The number of halogens is 1. The fraction of sp³-hybridized carbons (Fsp3) is 0.400. The second kappa shape index (κ2) is 9.00. The maximum Gasteiger partial charge on any atom is 0.223 e. The van der Waals surface area contributed by atoms with Gasteiger partial charge in [-0.25, -0.2) is 4.39 Å². The molecule has 30 heavy (non-hydrogen) atoms. The van der Waals surface area contributed by atoms with Crippen molar-refractivity contribution in [2.75, 3.05) is 32.7 Å². The molecule has 1 amide bonds. The Balaban J connectivity index is 1.67. The second-order valence-corrected chi connectivity index (χ2v) is 8.06.